The Hall–Kier alpha value is -6.06. The van der Waals surface area contributed by atoms with Crippen molar-refractivity contribution in [2.24, 2.45) is 22.9 Å². The number of hydrogen-bond acceptors (Lipinski definition) is 12. The number of aromatic nitrogens is 3. The Balaban J connectivity index is 0.853. The van der Waals surface area contributed by atoms with E-state index in [1.807, 2.05) is 30.3 Å². The van der Waals surface area contributed by atoms with Gasteiger partial charge < -0.3 is 43.6 Å². The third kappa shape index (κ3) is 7.08. The average molecular weight is 794 g/mol. The maximum atomic E-state index is 13.9. The number of piperidine rings is 1. The van der Waals surface area contributed by atoms with Gasteiger partial charge >= 0.3 is 6.09 Å². The second-order valence-electron chi connectivity index (χ2n) is 15.6. The molecule has 0 radical (unpaired) electrons. The summed E-state index contributed by atoms with van der Waals surface area (Å²) in [4.78, 5) is 54.6. The summed E-state index contributed by atoms with van der Waals surface area (Å²) < 4.78 is 34.4. The zero-order valence-electron chi connectivity index (χ0n) is 32.8. The highest BCUT2D eigenvalue weighted by Gasteiger charge is 2.44. The number of carbonyl (C=O) groups excluding carboxylic acids is 3. The zero-order valence-corrected chi connectivity index (χ0v) is 32.8. The number of nitrogens with zero attached hydrogens (tertiary/aromatic N) is 5. The lowest BCUT2D eigenvalue weighted by Crippen LogP contribution is -2.55. The van der Waals surface area contributed by atoms with E-state index in [4.69, 9.17) is 33.5 Å². The van der Waals surface area contributed by atoms with Gasteiger partial charge in [-0.05, 0) is 81.7 Å². The van der Waals surface area contributed by atoms with Gasteiger partial charge in [-0.2, -0.15) is 5.10 Å². The summed E-state index contributed by atoms with van der Waals surface area (Å²) in [7, 11) is 3.21. The van der Waals surface area contributed by atoms with Gasteiger partial charge in [-0.15, -0.1) is 0 Å². The van der Waals surface area contributed by atoms with Gasteiger partial charge in [-0.25, -0.2) is 19.8 Å². The van der Waals surface area contributed by atoms with Crippen LogP contribution in [0.25, 0.3) is 22.3 Å². The lowest BCUT2D eigenvalue weighted by molar-refractivity contribution is -0.143. The summed E-state index contributed by atoms with van der Waals surface area (Å²) >= 11 is 0. The molecule has 58 heavy (non-hydrogen) atoms. The highest BCUT2D eigenvalue weighted by molar-refractivity contribution is 6.07. The molecule has 4 aromatic rings. The summed E-state index contributed by atoms with van der Waals surface area (Å²) in [5, 5.41) is 9.40. The number of H-pyrrole nitrogens is 1. The Labute approximate surface area is 335 Å². The third-order valence-electron chi connectivity index (χ3n) is 11.9. The number of rotatable bonds is 11. The molecule has 3 amide bonds. The Bertz CT molecular complexity index is 2260. The van der Waals surface area contributed by atoms with Crippen LogP contribution >= 0.6 is 0 Å². The van der Waals surface area contributed by atoms with Crippen molar-refractivity contribution in [1.29, 1.82) is 0 Å². The Kier molecular flexibility index (Phi) is 10.2. The number of nitrogens with one attached hydrogen (secondary N) is 2. The number of hydrazone groups is 1. The molecular weight excluding hydrogens is 747 g/mol. The minimum Gasteiger partial charge on any atom is -0.493 e. The fourth-order valence-electron chi connectivity index (χ4n) is 8.64. The second kappa shape index (κ2) is 15.7. The number of likely N-dealkylation sites (tertiary alicyclic amines) is 1. The van der Waals surface area contributed by atoms with E-state index >= 15 is 0 Å². The first kappa shape index (κ1) is 37.5. The normalized spacial score (nSPS) is 20.9. The molecule has 3 aliphatic heterocycles. The largest absolute Gasteiger partial charge is 0.493 e. The number of amides is 3. The van der Waals surface area contributed by atoms with Crippen molar-refractivity contribution in [1.82, 2.24) is 30.2 Å². The van der Waals surface area contributed by atoms with Gasteiger partial charge in [-0.1, -0.05) is 12.8 Å². The third-order valence-corrected chi connectivity index (χ3v) is 11.9. The molecule has 5 aliphatic rings. The van der Waals surface area contributed by atoms with Crippen molar-refractivity contribution in [2.75, 3.05) is 40.7 Å². The van der Waals surface area contributed by atoms with Crippen LogP contribution in [0.3, 0.4) is 0 Å². The number of ether oxygens (including phenoxy) is 6. The molecule has 3 atom stereocenters. The van der Waals surface area contributed by atoms with Gasteiger partial charge in [-0.3, -0.25) is 9.59 Å². The van der Waals surface area contributed by atoms with Crippen molar-refractivity contribution in [3.05, 3.63) is 48.4 Å². The van der Waals surface area contributed by atoms with Crippen molar-refractivity contribution in [3.63, 3.8) is 0 Å². The molecule has 2 aromatic heterocycles. The van der Waals surface area contributed by atoms with E-state index in [2.05, 4.69) is 20.3 Å². The van der Waals surface area contributed by atoms with Crippen molar-refractivity contribution < 1.29 is 42.8 Å². The quantitative estimate of drug-likeness (QED) is 0.191. The number of methoxy groups -OCH3 is 2. The Morgan fingerprint density at radius 3 is 2.48 bits per heavy atom. The minimum absolute atomic E-state index is 0.0426. The second-order valence-corrected chi connectivity index (χ2v) is 15.6. The minimum atomic E-state index is -0.871. The van der Waals surface area contributed by atoms with E-state index in [1.165, 1.54) is 12.5 Å². The zero-order chi connectivity index (χ0) is 39.9. The van der Waals surface area contributed by atoms with Gasteiger partial charge in [0.15, 0.2) is 28.7 Å². The van der Waals surface area contributed by atoms with E-state index in [0.717, 1.165) is 49.8 Å². The van der Waals surface area contributed by atoms with Crippen LogP contribution < -0.4 is 33.7 Å². The molecule has 16 heteroatoms. The molecule has 9 rings (SSSR count). The molecule has 16 nitrogen and oxygen atoms in total. The number of hydrogen-bond donors (Lipinski definition) is 2. The molecule has 1 saturated heterocycles. The number of fused-ring (bicyclic) bond motifs is 3. The van der Waals surface area contributed by atoms with Crippen LogP contribution in [0.2, 0.25) is 0 Å². The molecule has 2 aromatic carbocycles. The van der Waals surface area contributed by atoms with E-state index in [9.17, 15) is 14.4 Å². The first-order chi connectivity index (χ1) is 28.3. The fourth-order valence-corrected chi connectivity index (χ4v) is 8.64. The maximum absolute atomic E-state index is 13.9. The molecule has 0 unspecified atom stereocenters. The van der Waals surface area contributed by atoms with Crippen LogP contribution in [0.4, 0.5) is 4.79 Å². The summed E-state index contributed by atoms with van der Waals surface area (Å²) in [6.07, 6.45) is 9.30. The molecule has 0 bridgehead atoms. The predicted octanol–water partition coefficient (Wildman–Crippen LogP) is 5.68. The maximum Gasteiger partial charge on any atom is 0.413 e. The van der Waals surface area contributed by atoms with Crippen LogP contribution in [0.1, 0.15) is 63.9 Å². The molecule has 2 N–H and O–H groups in total. The van der Waals surface area contributed by atoms with E-state index in [1.54, 1.807) is 31.1 Å². The van der Waals surface area contributed by atoms with Crippen molar-refractivity contribution in [3.8, 4) is 45.8 Å². The molecule has 2 aliphatic carbocycles. The van der Waals surface area contributed by atoms with Gasteiger partial charge in [0.1, 0.15) is 29.3 Å². The molecule has 5 heterocycles. The van der Waals surface area contributed by atoms with Crippen LogP contribution in [0.5, 0.6) is 34.5 Å². The summed E-state index contributed by atoms with van der Waals surface area (Å²) in [6.45, 7) is 3.12. The van der Waals surface area contributed by atoms with E-state index < -0.39 is 12.1 Å². The predicted molar refractivity (Wildman–Crippen MR) is 210 cm³/mol. The highest BCUT2D eigenvalue weighted by Crippen LogP contribution is 2.49. The molecule has 304 valence electrons. The van der Waals surface area contributed by atoms with Crippen molar-refractivity contribution in [2.45, 2.75) is 70.4 Å². The van der Waals surface area contributed by atoms with Crippen LogP contribution in [-0.2, 0) is 9.59 Å². The lowest BCUT2D eigenvalue weighted by atomic mass is 9.73. The first-order valence-electron chi connectivity index (χ1n) is 20.1. The smallest absolute Gasteiger partial charge is 0.413 e. The fraction of sp³-hybridized carbons (Fsp3) is 0.476. The number of aromatic amines is 1. The summed E-state index contributed by atoms with van der Waals surface area (Å²) in [6, 6.07) is 8.42. The molecule has 2 saturated carbocycles. The lowest BCUT2D eigenvalue weighted by Gasteiger charge is -2.43. The van der Waals surface area contributed by atoms with E-state index in [0.29, 0.717) is 89.5 Å². The highest BCUT2D eigenvalue weighted by atomic mass is 16.7. The monoisotopic (exact) mass is 793 g/mol. The Morgan fingerprint density at radius 1 is 0.931 bits per heavy atom. The van der Waals surface area contributed by atoms with Gasteiger partial charge in [0.2, 0.25) is 18.6 Å². The first-order valence-corrected chi connectivity index (χ1v) is 20.1. The van der Waals surface area contributed by atoms with Gasteiger partial charge in [0.05, 0.1) is 43.7 Å². The van der Waals surface area contributed by atoms with Crippen LogP contribution in [-0.4, -0.2) is 101 Å². The molecular formula is C42H47N7O9. The van der Waals surface area contributed by atoms with Crippen molar-refractivity contribution >= 4 is 34.7 Å². The number of benzene rings is 2. The summed E-state index contributed by atoms with van der Waals surface area (Å²) in [5.41, 5.74) is 3.83. The van der Waals surface area contributed by atoms with Gasteiger partial charge in [0.25, 0.3) is 0 Å². The SMILES string of the molecule is COc1ccc(C2=NN(C3CCN(C(=O)[C@H](C)NC(=O)Oc4c[nH]c5c(-c6c(OCC7CC7)ccc7c6OCO7)ncnc45)CC3)C(=O)[C@@H]3CCCC[C@H]23)cc1OC. The number of carbonyl (C=O) groups is 3. The molecule has 0 spiro atoms. The van der Waals surface area contributed by atoms with Crippen LogP contribution in [0.15, 0.2) is 48.0 Å². The standard InChI is InChI=1S/C42H47N7O9/c1-23(46-42(52)58-33-19-43-38-36(33)44-21-45-37(38)34-30(55-20-24-8-9-24)12-13-31-39(34)57-22-56-31)40(50)48-16-14-26(15-17-48)49-41(51)28-7-5-4-6-27(28)35(47-49)25-10-11-29(53-2)32(18-25)54-3/h10-13,18-19,21,23-24,26-28,43H,4-9,14-17,20,22H2,1-3H3,(H,46,52)/t23-,27-,28+/m0/s1. The summed E-state index contributed by atoms with van der Waals surface area (Å²) in [5.74, 6) is 3.37. The molecule has 3 fully saturated rings. The Morgan fingerprint density at radius 2 is 1.71 bits per heavy atom. The van der Waals surface area contributed by atoms with Gasteiger partial charge in [0, 0.05) is 36.7 Å². The average Bonchev–Trinajstić information content (AvgIpc) is 3.81. The van der Waals surface area contributed by atoms with Crippen LogP contribution in [0, 0.1) is 17.8 Å². The van der Waals surface area contributed by atoms with E-state index in [-0.39, 0.29) is 42.2 Å². The topological polar surface area (TPSA) is 179 Å².